The fourth-order valence-corrected chi connectivity index (χ4v) is 6.97. The van der Waals surface area contributed by atoms with E-state index in [9.17, 15) is 18.0 Å². The van der Waals surface area contributed by atoms with E-state index in [2.05, 4.69) is 9.44 Å². The second-order valence-electron chi connectivity index (χ2n) is 9.07. The van der Waals surface area contributed by atoms with Gasteiger partial charge in [-0.2, -0.15) is 8.42 Å². The Kier molecular flexibility index (Phi) is 10.7. The molecule has 0 unspecified atom stereocenters. The normalized spacial score (nSPS) is 11.9. The number of hydrogen-bond donors (Lipinski definition) is 2. The van der Waals surface area contributed by atoms with Crippen LogP contribution in [-0.4, -0.2) is 63.3 Å². The van der Waals surface area contributed by atoms with Crippen LogP contribution in [-0.2, 0) is 28.0 Å². The molecule has 2 aromatic carbocycles. The van der Waals surface area contributed by atoms with Gasteiger partial charge in [-0.05, 0) is 0 Å². The number of benzene rings is 2. The predicted octanol–water partition coefficient (Wildman–Crippen LogP) is 0.241. The maximum atomic E-state index is 15.3. The van der Waals surface area contributed by atoms with Crippen LogP contribution in [0.1, 0.15) is 30.0 Å². The van der Waals surface area contributed by atoms with Gasteiger partial charge in [-0.3, -0.25) is 0 Å². The van der Waals surface area contributed by atoms with E-state index in [1.165, 1.54) is 24.1 Å². The Morgan fingerprint density at radius 3 is 2.54 bits per heavy atom. The molecule has 3 rings (SSSR count). The number of carbonyl (C=O) groups is 1. The van der Waals surface area contributed by atoms with E-state index in [0.717, 1.165) is 0 Å². The zero-order valence-electron chi connectivity index (χ0n) is 22.4. The number of carbonyl (C=O) groups excluding carboxylic acids is 1. The third-order valence-electron chi connectivity index (χ3n) is 6.13. The van der Waals surface area contributed by atoms with Gasteiger partial charge in [-0.25, -0.2) is 4.72 Å². The van der Waals surface area contributed by atoms with Crippen LogP contribution in [0.5, 0.6) is 0 Å². The van der Waals surface area contributed by atoms with Gasteiger partial charge in [0, 0.05) is 7.05 Å². The van der Waals surface area contributed by atoms with Crippen molar-refractivity contribution >= 4 is 44.4 Å². The van der Waals surface area contributed by atoms with Crippen LogP contribution < -0.4 is 36.3 Å². The van der Waals surface area contributed by atoms with Crippen molar-refractivity contribution in [3.63, 3.8) is 0 Å². The van der Waals surface area contributed by atoms with Crippen molar-refractivity contribution < 1.29 is 43.2 Å². The SMILES string of the molecule is CCN(C)Cc1c(Cc2cccc(NS(=O)(=O)NC)c2Cl)c(=O)oc2cc([I-]CCC(=O)N(C)C)c(F)cc12. The number of nitrogens with one attached hydrogen (secondary N) is 2. The molecule has 13 heteroatoms. The van der Waals surface area contributed by atoms with Crippen molar-refractivity contribution in [3.05, 3.63) is 71.9 Å². The number of fused-ring (bicyclic) bond motifs is 1. The number of amides is 1. The van der Waals surface area contributed by atoms with E-state index in [1.54, 1.807) is 32.3 Å². The van der Waals surface area contributed by atoms with Crippen molar-refractivity contribution in [1.82, 2.24) is 14.5 Å². The molecule has 214 valence electrons. The number of nitrogens with zero attached hydrogens (tertiary/aromatic N) is 2. The molecule has 0 radical (unpaired) electrons. The van der Waals surface area contributed by atoms with Gasteiger partial charge in [0.05, 0.1) is 0 Å². The molecular formula is C26H32ClFIN4O5S-. The van der Waals surface area contributed by atoms with Crippen LogP contribution in [0.25, 0.3) is 11.0 Å². The zero-order valence-corrected chi connectivity index (χ0v) is 26.1. The number of halogens is 3. The summed E-state index contributed by atoms with van der Waals surface area (Å²) in [6.45, 7) is 3.03. The molecular weight excluding hydrogens is 662 g/mol. The first-order chi connectivity index (χ1) is 18.4. The van der Waals surface area contributed by atoms with Crippen LogP contribution in [0.2, 0.25) is 5.02 Å². The van der Waals surface area contributed by atoms with Crippen LogP contribution in [0.4, 0.5) is 10.1 Å². The molecule has 0 aliphatic rings. The van der Waals surface area contributed by atoms with E-state index in [-0.39, 0.29) is 23.0 Å². The quantitative estimate of drug-likeness (QED) is 0.160. The molecule has 0 bridgehead atoms. The molecule has 0 saturated carbocycles. The first kappa shape index (κ1) is 31.3. The van der Waals surface area contributed by atoms with Crippen LogP contribution in [0.3, 0.4) is 0 Å². The fraction of sp³-hybridized carbons (Fsp3) is 0.385. The van der Waals surface area contributed by atoms with Gasteiger partial charge < -0.3 is 0 Å². The third kappa shape index (κ3) is 7.91. The van der Waals surface area contributed by atoms with E-state index in [1.807, 2.05) is 18.9 Å². The zero-order chi connectivity index (χ0) is 28.9. The van der Waals surface area contributed by atoms with Crippen molar-refractivity contribution in [2.45, 2.75) is 26.3 Å². The van der Waals surface area contributed by atoms with Crippen LogP contribution in [0, 0.1) is 9.39 Å². The van der Waals surface area contributed by atoms with Gasteiger partial charge in [0.15, 0.2) is 0 Å². The molecule has 0 saturated heterocycles. The minimum absolute atomic E-state index is 0.0153. The minimum atomic E-state index is -3.81. The Hall–Kier alpha value is -2.26. The van der Waals surface area contributed by atoms with Gasteiger partial charge >= 0.3 is 224 Å². The summed E-state index contributed by atoms with van der Waals surface area (Å²) in [6, 6.07) is 7.83. The number of hydrogen-bond acceptors (Lipinski definition) is 6. The van der Waals surface area contributed by atoms with E-state index in [0.29, 0.717) is 55.2 Å². The van der Waals surface area contributed by atoms with Gasteiger partial charge in [-0.1, -0.05) is 0 Å². The Morgan fingerprint density at radius 1 is 1.18 bits per heavy atom. The van der Waals surface area contributed by atoms with Crippen molar-refractivity contribution in [2.75, 3.05) is 43.9 Å². The van der Waals surface area contributed by atoms with E-state index in [4.69, 9.17) is 16.0 Å². The predicted molar refractivity (Wildman–Crippen MR) is 147 cm³/mol. The fourth-order valence-electron chi connectivity index (χ4n) is 3.77. The van der Waals surface area contributed by atoms with Crippen molar-refractivity contribution in [2.24, 2.45) is 0 Å². The number of alkyl halides is 1. The summed E-state index contributed by atoms with van der Waals surface area (Å²) in [5.74, 6) is -0.409. The van der Waals surface area contributed by atoms with Gasteiger partial charge in [0.2, 0.25) is 0 Å². The molecule has 9 nitrogen and oxygen atoms in total. The number of anilines is 1. The van der Waals surface area contributed by atoms with E-state index < -0.39 is 42.9 Å². The molecule has 0 atom stereocenters. The van der Waals surface area contributed by atoms with Gasteiger partial charge in [0.1, 0.15) is 0 Å². The molecule has 2 N–H and O–H groups in total. The topological polar surface area (TPSA) is 112 Å². The summed E-state index contributed by atoms with van der Waals surface area (Å²) in [4.78, 5) is 28.7. The average molecular weight is 694 g/mol. The molecule has 0 aliphatic heterocycles. The summed E-state index contributed by atoms with van der Waals surface area (Å²) in [5, 5.41) is 0.631. The molecule has 39 heavy (non-hydrogen) atoms. The molecule has 3 aromatic rings. The average Bonchev–Trinajstić information content (AvgIpc) is 2.88. The Labute approximate surface area is 243 Å². The Bertz CT molecular complexity index is 1530. The van der Waals surface area contributed by atoms with E-state index >= 15 is 4.39 Å². The molecule has 1 heterocycles. The summed E-state index contributed by atoms with van der Waals surface area (Å²) in [5.41, 5.74) is 1.32. The Balaban J connectivity index is 2.06. The van der Waals surface area contributed by atoms with Crippen LogP contribution >= 0.6 is 11.6 Å². The summed E-state index contributed by atoms with van der Waals surface area (Å²) < 4.78 is 50.5. The first-order valence-electron chi connectivity index (χ1n) is 12.1. The van der Waals surface area contributed by atoms with Crippen LogP contribution in [0.15, 0.2) is 39.5 Å². The van der Waals surface area contributed by atoms with Gasteiger partial charge in [0.25, 0.3) is 0 Å². The molecule has 0 aliphatic carbocycles. The summed E-state index contributed by atoms with van der Waals surface area (Å²) >= 11 is 5.72. The molecule has 1 amide bonds. The molecule has 1 aromatic heterocycles. The molecule has 0 fully saturated rings. The maximum absolute atomic E-state index is 15.3. The second-order valence-corrected chi connectivity index (χ2v) is 14.1. The van der Waals surface area contributed by atoms with Gasteiger partial charge in [-0.15, -0.1) is 0 Å². The Morgan fingerprint density at radius 2 is 1.90 bits per heavy atom. The number of rotatable bonds is 12. The summed E-state index contributed by atoms with van der Waals surface area (Å²) in [6.07, 6.45) is 0.388. The monoisotopic (exact) mass is 693 g/mol. The second kappa shape index (κ2) is 13.4. The molecule has 0 spiro atoms. The first-order valence-corrected chi connectivity index (χ1v) is 16.6. The van der Waals surface area contributed by atoms with Crippen molar-refractivity contribution in [1.29, 1.82) is 0 Å². The summed E-state index contributed by atoms with van der Waals surface area (Å²) in [7, 11) is 2.72. The van der Waals surface area contributed by atoms with Crippen molar-refractivity contribution in [3.8, 4) is 0 Å². The third-order valence-corrected chi connectivity index (χ3v) is 10.3. The standard InChI is InChI=1S/C26H32ClFIN4O5S/c1-6-33(5)15-19-17-13-20(28)21(29-11-10-24(34)32(3)4)14-23(17)38-26(35)18(19)12-16-8-7-9-22(25(16)27)31-39(36,37)30-2/h7-9,13-14,30-31H,6,10-12,15H2,1-5H3/q-1.